The SMILES string of the molecule is CC[C@@]1(O)C(=O)OCc2c1cc1n(c2=O)Cc2cc3c(O)c(Br)ccc3nc2-1. The first kappa shape index (κ1) is 17.4. The van der Waals surface area contributed by atoms with E-state index in [1.165, 1.54) is 0 Å². The Morgan fingerprint density at radius 2 is 2.11 bits per heavy atom. The molecule has 1 atom stereocenters. The molecule has 1 aromatic carbocycles. The fourth-order valence-electron chi connectivity index (χ4n) is 4.01. The van der Waals surface area contributed by atoms with Gasteiger partial charge in [-0.1, -0.05) is 6.92 Å². The maximum Gasteiger partial charge on any atom is 0.343 e. The first-order chi connectivity index (χ1) is 13.3. The van der Waals surface area contributed by atoms with Crippen LogP contribution in [0.5, 0.6) is 5.75 Å². The molecule has 5 rings (SSSR count). The number of fused-ring (bicyclic) bond motifs is 5. The number of phenolic OH excluding ortho intramolecular Hbond substituents is 1. The summed E-state index contributed by atoms with van der Waals surface area (Å²) in [7, 11) is 0. The molecule has 2 aromatic heterocycles. The second-order valence-corrected chi connectivity index (χ2v) is 7.92. The van der Waals surface area contributed by atoms with Gasteiger partial charge in [0.25, 0.3) is 5.56 Å². The van der Waals surface area contributed by atoms with Crippen LogP contribution in [-0.4, -0.2) is 25.7 Å². The van der Waals surface area contributed by atoms with Crippen molar-refractivity contribution in [2.75, 3.05) is 0 Å². The van der Waals surface area contributed by atoms with E-state index in [2.05, 4.69) is 20.9 Å². The van der Waals surface area contributed by atoms with Gasteiger partial charge in [0, 0.05) is 16.5 Å². The van der Waals surface area contributed by atoms with Crippen LogP contribution in [0.2, 0.25) is 0 Å². The first-order valence-corrected chi connectivity index (χ1v) is 9.62. The number of carbonyl (C=O) groups is 1. The van der Waals surface area contributed by atoms with Crippen molar-refractivity contribution in [1.29, 1.82) is 0 Å². The Morgan fingerprint density at radius 1 is 1.32 bits per heavy atom. The van der Waals surface area contributed by atoms with E-state index >= 15 is 0 Å². The molecule has 8 heteroatoms. The number of aromatic hydroxyl groups is 1. The molecule has 0 saturated heterocycles. The van der Waals surface area contributed by atoms with E-state index in [-0.39, 0.29) is 35.5 Å². The molecule has 0 aliphatic carbocycles. The van der Waals surface area contributed by atoms with E-state index < -0.39 is 11.6 Å². The largest absolute Gasteiger partial charge is 0.506 e. The summed E-state index contributed by atoms with van der Waals surface area (Å²) in [5, 5.41) is 21.8. The monoisotopic (exact) mass is 442 g/mol. The second kappa shape index (κ2) is 5.65. The van der Waals surface area contributed by atoms with Crippen LogP contribution in [0.4, 0.5) is 0 Å². The molecular weight excluding hydrogens is 428 g/mol. The summed E-state index contributed by atoms with van der Waals surface area (Å²) < 4.78 is 7.19. The Kier molecular flexibility index (Phi) is 3.51. The number of halogens is 1. The van der Waals surface area contributed by atoms with Crippen molar-refractivity contribution < 1.29 is 19.7 Å². The van der Waals surface area contributed by atoms with E-state index in [1.54, 1.807) is 29.7 Å². The summed E-state index contributed by atoms with van der Waals surface area (Å²) in [6.07, 6.45) is 0.0988. The predicted molar refractivity (Wildman–Crippen MR) is 104 cm³/mol. The topological polar surface area (TPSA) is 102 Å². The Hall–Kier alpha value is -2.71. The fraction of sp³-hybridized carbons (Fsp3) is 0.250. The van der Waals surface area contributed by atoms with E-state index in [0.717, 1.165) is 5.56 Å². The lowest BCUT2D eigenvalue weighted by Crippen LogP contribution is -2.44. The maximum absolute atomic E-state index is 13.1. The molecule has 28 heavy (non-hydrogen) atoms. The highest BCUT2D eigenvalue weighted by Gasteiger charge is 2.45. The van der Waals surface area contributed by atoms with Crippen LogP contribution >= 0.6 is 15.9 Å². The molecule has 3 aromatic rings. The maximum atomic E-state index is 13.1. The van der Waals surface area contributed by atoms with Crippen molar-refractivity contribution in [3.63, 3.8) is 0 Å². The van der Waals surface area contributed by atoms with Gasteiger partial charge >= 0.3 is 5.97 Å². The lowest BCUT2D eigenvalue weighted by atomic mass is 9.86. The number of rotatable bonds is 1. The van der Waals surface area contributed by atoms with Crippen molar-refractivity contribution in [2.24, 2.45) is 0 Å². The summed E-state index contributed by atoms with van der Waals surface area (Å²) in [6.45, 7) is 1.81. The van der Waals surface area contributed by atoms with E-state index in [0.29, 0.717) is 33.3 Å². The van der Waals surface area contributed by atoms with Crippen LogP contribution in [-0.2, 0) is 28.3 Å². The highest BCUT2D eigenvalue weighted by Crippen LogP contribution is 2.40. The summed E-state index contributed by atoms with van der Waals surface area (Å²) in [5.74, 6) is -0.652. The zero-order chi connectivity index (χ0) is 19.8. The normalized spacial score (nSPS) is 19.9. The molecule has 7 nitrogen and oxygen atoms in total. The molecule has 2 aliphatic rings. The number of carbonyl (C=O) groups excluding carboxylic acids is 1. The van der Waals surface area contributed by atoms with Gasteiger partial charge in [0.05, 0.1) is 33.5 Å². The minimum Gasteiger partial charge on any atom is -0.506 e. The number of phenols is 1. The van der Waals surface area contributed by atoms with Crippen LogP contribution in [0, 0.1) is 0 Å². The number of cyclic esters (lactones) is 1. The minimum atomic E-state index is -1.84. The van der Waals surface area contributed by atoms with Crippen LogP contribution in [0.15, 0.2) is 33.5 Å². The van der Waals surface area contributed by atoms with Gasteiger partial charge in [-0.05, 0) is 46.6 Å². The van der Waals surface area contributed by atoms with Crippen molar-refractivity contribution in [2.45, 2.75) is 32.1 Å². The minimum absolute atomic E-state index is 0.0924. The molecular formula is C20H15BrN2O5. The van der Waals surface area contributed by atoms with E-state index in [4.69, 9.17) is 4.74 Å². The van der Waals surface area contributed by atoms with Gasteiger partial charge in [0.15, 0.2) is 5.60 Å². The molecule has 0 saturated carbocycles. The molecule has 2 N–H and O–H groups in total. The van der Waals surface area contributed by atoms with Crippen LogP contribution in [0.25, 0.3) is 22.3 Å². The smallest absolute Gasteiger partial charge is 0.343 e. The molecule has 0 unspecified atom stereocenters. The average Bonchev–Trinajstić information content (AvgIpc) is 3.05. The fourth-order valence-corrected chi connectivity index (χ4v) is 4.36. The number of hydrogen-bond donors (Lipinski definition) is 2. The molecule has 4 heterocycles. The third-order valence-corrected chi connectivity index (χ3v) is 6.25. The molecule has 2 aliphatic heterocycles. The number of hydrogen-bond acceptors (Lipinski definition) is 6. The van der Waals surface area contributed by atoms with Gasteiger partial charge in [-0.25, -0.2) is 9.78 Å². The van der Waals surface area contributed by atoms with Crippen molar-refractivity contribution in [3.8, 4) is 17.1 Å². The molecule has 0 radical (unpaired) electrons. The molecule has 0 fully saturated rings. The molecule has 0 spiro atoms. The van der Waals surface area contributed by atoms with Crippen molar-refractivity contribution in [1.82, 2.24) is 9.55 Å². The number of esters is 1. The van der Waals surface area contributed by atoms with Gasteiger partial charge in [-0.3, -0.25) is 4.79 Å². The van der Waals surface area contributed by atoms with Gasteiger partial charge in [-0.2, -0.15) is 0 Å². The quantitative estimate of drug-likeness (QED) is 0.439. The van der Waals surface area contributed by atoms with Crippen LogP contribution in [0.3, 0.4) is 0 Å². The number of ether oxygens (including phenoxy) is 1. The Balaban J connectivity index is 1.80. The number of aliphatic hydroxyl groups is 1. The number of nitrogens with zero attached hydrogens (tertiary/aromatic N) is 2. The third-order valence-electron chi connectivity index (χ3n) is 5.61. The third kappa shape index (κ3) is 2.10. The molecule has 142 valence electrons. The number of benzene rings is 1. The number of pyridine rings is 2. The summed E-state index contributed by atoms with van der Waals surface area (Å²) in [4.78, 5) is 29.9. The van der Waals surface area contributed by atoms with Crippen molar-refractivity contribution in [3.05, 3.63) is 55.8 Å². The van der Waals surface area contributed by atoms with E-state index in [1.807, 2.05) is 6.07 Å². The van der Waals surface area contributed by atoms with Gasteiger partial charge < -0.3 is 19.5 Å². The predicted octanol–water partition coefficient (Wildman–Crippen LogP) is 2.55. The average molecular weight is 443 g/mol. The van der Waals surface area contributed by atoms with Crippen molar-refractivity contribution >= 4 is 32.8 Å². The zero-order valence-corrected chi connectivity index (χ0v) is 16.4. The lowest BCUT2D eigenvalue weighted by molar-refractivity contribution is -0.172. The highest BCUT2D eigenvalue weighted by atomic mass is 79.9. The lowest BCUT2D eigenvalue weighted by Gasteiger charge is -2.31. The van der Waals surface area contributed by atoms with E-state index in [9.17, 15) is 19.8 Å². The Morgan fingerprint density at radius 3 is 2.86 bits per heavy atom. The first-order valence-electron chi connectivity index (χ1n) is 8.83. The summed E-state index contributed by atoms with van der Waals surface area (Å²) in [5.41, 5.74) is 0.948. The van der Waals surface area contributed by atoms with Crippen LogP contribution < -0.4 is 5.56 Å². The van der Waals surface area contributed by atoms with Gasteiger partial charge in [0.2, 0.25) is 0 Å². The molecule has 0 amide bonds. The summed E-state index contributed by atoms with van der Waals surface area (Å²) >= 11 is 3.30. The van der Waals surface area contributed by atoms with Gasteiger partial charge in [0.1, 0.15) is 12.4 Å². The zero-order valence-electron chi connectivity index (χ0n) is 14.8. The van der Waals surface area contributed by atoms with Gasteiger partial charge in [-0.15, -0.1) is 0 Å². The van der Waals surface area contributed by atoms with Crippen LogP contribution in [0.1, 0.15) is 30.0 Å². The number of aromatic nitrogens is 2. The Labute approximate surface area is 167 Å². The summed E-state index contributed by atoms with van der Waals surface area (Å²) in [6, 6.07) is 6.97. The standard InChI is InChI=1S/C20H15BrN2O5/c1-2-20(27)12-6-15-16-9(5-10-14(22-16)4-3-13(21)17(10)24)7-23(15)18(25)11(12)8-28-19(20)26/h3-6,24,27H,2,7-8H2,1H3/t20-/m0/s1. The highest BCUT2D eigenvalue weighted by molar-refractivity contribution is 9.10. The second-order valence-electron chi connectivity index (χ2n) is 7.06. The Bertz CT molecular complexity index is 1270. The molecule has 0 bridgehead atoms.